The number of carbonyl (C=O) groups is 2. The number of hydrogen-bond acceptors (Lipinski definition) is 6. The number of aryl methyl sites for hydroxylation is 1. The Kier molecular flexibility index (Phi) is 5.45. The van der Waals surface area contributed by atoms with Gasteiger partial charge in [0.2, 0.25) is 0 Å². The molecule has 0 bridgehead atoms. The number of rotatable bonds is 5. The molecule has 120 valence electrons. The normalized spacial score (nSPS) is 10.2. The minimum absolute atomic E-state index is 0.0734. The summed E-state index contributed by atoms with van der Waals surface area (Å²) in [5.41, 5.74) is 1.47. The number of carbonyl (C=O) groups excluding carboxylic acids is 2. The molecular weight excluding hydrogens is 388 g/mol. The molecule has 0 fully saturated rings. The van der Waals surface area contributed by atoms with Gasteiger partial charge in [0.25, 0.3) is 5.91 Å². The van der Waals surface area contributed by atoms with Gasteiger partial charge in [0, 0.05) is 16.2 Å². The summed E-state index contributed by atoms with van der Waals surface area (Å²) in [7, 11) is 0. The van der Waals surface area contributed by atoms with Crippen molar-refractivity contribution in [3.05, 3.63) is 55.4 Å². The Morgan fingerprint density at radius 1 is 1.35 bits per heavy atom. The molecule has 0 spiro atoms. The van der Waals surface area contributed by atoms with Gasteiger partial charge in [-0.3, -0.25) is 14.9 Å². The summed E-state index contributed by atoms with van der Waals surface area (Å²) in [4.78, 5) is 33.6. The first kappa shape index (κ1) is 17.1. The summed E-state index contributed by atoms with van der Waals surface area (Å²) in [5.74, 6) is -1.26. The fourth-order valence-electron chi connectivity index (χ4n) is 1.69. The van der Waals surface area contributed by atoms with Crippen LogP contribution in [0.15, 0.2) is 34.8 Å². The Hall–Kier alpha value is -2.26. The molecule has 1 N–H and O–H groups in total. The van der Waals surface area contributed by atoms with E-state index >= 15 is 0 Å². The summed E-state index contributed by atoms with van der Waals surface area (Å²) < 4.78 is 5.73. The molecule has 1 amide bonds. The van der Waals surface area contributed by atoms with Crippen LogP contribution in [0, 0.1) is 17.0 Å². The summed E-state index contributed by atoms with van der Waals surface area (Å²) in [6.45, 7) is 1.36. The summed E-state index contributed by atoms with van der Waals surface area (Å²) >= 11 is 4.02. The first-order valence-corrected chi connectivity index (χ1v) is 7.95. The van der Waals surface area contributed by atoms with Crippen LogP contribution in [0.4, 0.5) is 10.7 Å². The maximum atomic E-state index is 11.8. The summed E-state index contributed by atoms with van der Waals surface area (Å²) in [6, 6.07) is 7.85. The van der Waals surface area contributed by atoms with Gasteiger partial charge < -0.3 is 10.1 Å². The molecule has 7 nitrogen and oxygen atoms in total. The minimum Gasteiger partial charge on any atom is -0.451 e. The van der Waals surface area contributed by atoms with Gasteiger partial charge in [0.05, 0.1) is 4.92 Å². The topological polar surface area (TPSA) is 98.5 Å². The molecule has 23 heavy (non-hydrogen) atoms. The fraction of sp³-hybridized carbons (Fsp3) is 0.143. The molecule has 0 unspecified atom stereocenters. The quantitative estimate of drug-likeness (QED) is 0.471. The van der Waals surface area contributed by atoms with E-state index in [2.05, 4.69) is 21.2 Å². The predicted molar refractivity (Wildman–Crippen MR) is 88.8 cm³/mol. The van der Waals surface area contributed by atoms with Crippen molar-refractivity contribution in [3.63, 3.8) is 0 Å². The number of halogens is 1. The van der Waals surface area contributed by atoms with E-state index in [1.165, 1.54) is 12.1 Å². The highest BCUT2D eigenvalue weighted by molar-refractivity contribution is 9.10. The Bertz CT molecular complexity index is 774. The lowest BCUT2D eigenvalue weighted by Crippen LogP contribution is -2.21. The number of benzene rings is 1. The van der Waals surface area contributed by atoms with Crippen molar-refractivity contribution < 1.29 is 19.2 Å². The maximum absolute atomic E-state index is 11.8. The number of anilines is 1. The van der Waals surface area contributed by atoms with Crippen molar-refractivity contribution in [2.75, 3.05) is 11.9 Å². The highest BCUT2D eigenvalue weighted by Gasteiger charge is 2.17. The second-order valence-electron chi connectivity index (χ2n) is 4.48. The van der Waals surface area contributed by atoms with Crippen molar-refractivity contribution in [1.29, 1.82) is 0 Å². The lowest BCUT2D eigenvalue weighted by molar-refractivity contribution is -0.380. The molecular formula is C14H11BrN2O5S. The highest BCUT2D eigenvalue weighted by atomic mass is 79.9. The SMILES string of the molecule is Cc1cc(Br)ccc1NC(=O)COC(=O)c1ccc([N+](=O)[O-])s1. The van der Waals surface area contributed by atoms with E-state index in [0.717, 1.165) is 10.0 Å². The number of thiophene rings is 1. The number of esters is 1. The Balaban J connectivity index is 1.90. The van der Waals surface area contributed by atoms with Gasteiger partial charge in [-0.25, -0.2) is 4.79 Å². The molecule has 0 atom stereocenters. The predicted octanol–water partition coefficient (Wildman–Crippen LogP) is 3.52. The third-order valence-electron chi connectivity index (χ3n) is 2.77. The molecule has 1 aromatic heterocycles. The number of ether oxygens (including phenoxy) is 1. The first-order chi connectivity index (χ1) is 10.9. The van der Waals surface area contributed by atoms with Crippen LogP contribution in [0.3, 0.4) is 0 Å². The number of nitrogens with zero attached hydrogens (tertiary/aromatic N) is 1. The van der Waals surface area contributed by atoms with Gasteiger partial charge in [-0.1, -0.05) is 27.3 Å². The van der Waals surface area contributed by atoms with Crippen molar-refractivity contribution in [1.82, 2.24) is 0 Å². The average Bonchev–Trinajstić information content (AvgIpc) is 2.98. The van der Waals surface area contributed by atoms with E-state index < -0.39 is 23.4 Å². The van der Waals surface area contributed by atoms with Crippen LogP contribution in [-0.4, -0.2) is 23.4 Å². The molecule has 2 rings (SSSR count). The third kappa shape index (κ3) is 4.60. The molecule has 1 heterocycles. The van der Waals surface area contributed by atoms with Crippen molar-refractivity contribution >= 4 is 49.8 Å². The van der Waals surface area contributed by atoms with E-state index in [1.54, 1.807) is 12.1 Å². The van der Waals surface area contributed by atoms with E-state index in [9.17, 15) is 19.7 Å². The smallest absolute Gasteiger partial charge is 0.349 e. The van der Waals surface area contributed by atoms with Crippen molar-refractivity contribution in [2.45, 2.75) is 6.92 Å². The Labute approximate surface area is 143 Å². The molecule has 0 aliphatic carbocycles. The van der Waals surface area contributed by atoms with Gasteiger partial charge in [-0.2, -0.15) is 0 Å². The minimum atomic E-state index is -0.772. The lowest BCUT2D eigenvalue weighted by atomic mass is 10.2. The Morgan fingerprint density at radius 2 is 2.09 bits per heavy atom. The van der Waals surface area contributed by atoms with Crippen LogP contribution in [0.25, 0.3) is 0 Å². The number of amides is 1. The standard InChI is InChI=1S/C14H11BrN2O5S/c1-8-6-9(15)2-3-10(8)16-12(18)7-22-14(19)11-4-5-13(23-11)17(20)21/h2-6H,7H2,1H3,(H,16,18). The second-order valence-corrected chi connectivity index (χ2v) is 6.46. The maximum Gasteiger partial charge on any atom is 0.349 e. The second kappa shape index (κ2) is 7.34. The molecule has 0 aliphatic rings. The molecule has 2 aromatic rings. The van der Waals surface area contributed by atoms with Crippen LogP contribution in [0.1, 0.15) is 15.2 Å². The molecule has 1 aromatic carbocycles. The number of hydrogen-bond donors (Lipinski definition) is 1. The van der Waals surface area contributed by atoms with E-state index in [-0.39, 0.29) is 9.88 Å². The molecule has 0 saturated heterocycles. The van der Waals surface area contributed by atoms with Crippen LogP contribution in [-0.2, 0) is 9.53 Å². The first-order valence-electron chi connectivity index (χ1n) is 6.34. The zero-order valence-electron chi connectivity index (χ0n) is 11.9. The summed E-state index contributed by atoms with van der Waals surface area (Å²) in [6.07, 6.45) is 0. The number of nitro groups is 1. The van der Waals surface area contributed by atoms with Crippen LogP contribution in [0.5, 0.6) is 0 Å². The summed E-state index contributed by atoms with van der Waals surface area (Å²) in [5, 5.41) is 13.0. The van der Waals surface area contributed by atoms with E-state index in [1.807, 2.05) is 13.0 Å². The van der Waals surface area contributed by atoms with E-state index in [4.69, 9.17) is 4.74 Å². The Morgan fingerprint density at radius 3 is 2.70 bits per heavy atom. The van der Waals surface area contributed by atoms with Gasteiger partial charge in [-0.15, -0.1) is 0 Å². The molecule has 0 radical (unpaired) electrons. The number of nitrogens with one attached hydrogen (secondary N) is 1. The monoisotopic (exact) mass is 398 g/mol. The van der Waals surface area contributed by atoms with Crippen LogP contribution >= 0.6 is 27.3 Å². The van der Waals surface area contributed by atoms with E-state index in [0.29, 0.717) is 17.0 Å². The van der Waals surface area contributed by atoms with Gasteiger partial charge in [-0.05, 0) is 36.8 Å². The van der Waals surface area contributed by atoms with Gasteiger partial charge in [0.1, 0.15) is 4.88 Å². The molecule has 0 saturated carbocycles. The van der Waals surface area contributed by atoms with Gasteiger partial charge in [0.15, 0.2) is 6.61 Å². The van der Waals surface area contributed by atoms with Crippen LogP contribution < -0.4 is 5.32 Å². The van der Waals surface area contributed by atoms with Crippen molar-refractivity contribution in [3.8, 4) is 0 Å². The third-order valence-corrected chi connectivity index (χ3v) is 4.28. The largest absolute Gasteiger partial charge is 0.451 e. The zero-order valence-corrected chi connectivity index (χ0v) is 14.3. The fourth-order valence-corrected chi connectivity index (χ4v) is 2.88. The molecule has 9 heteroatoms. The molecule has 0 aliphatic heterocycles. The lowest BCUT2D eigenvalue weighted by Gasteiger charge is -2.08. The zero-order chi connectivity index (χ0) is 17.0. The highest BCUT2D eigenvalue weighted by Crippen LogP contribution is 2.24. The van der Waals surface area contributed by atoms with Crippen LogP contribution in [0.2, 0.25) is 0 Å². The average molecular weight is 399 g/mol. The van der Waals surface area contributed by atoms with Crippen molar-refractivity contribution in [2.24, 2.45) is 0 Å². The van der Waals surface area contributed by atoms with Gasteiger partial charge >= 0.3 is 11.0 Å².